The molecule has 0 unspecified atom stereocenters. The fraction of sp³-hybridized carbons (Fsp3) is 0.0909. The lowest BCUT2D eigenvalue weighted by atomic mass is 10.4. The van der Waals surface area contributed by atoms with Crippen LogP contribution in [0.15, 0.2) is 34.7 Å². The lowest BCUT2D eigenvalue weighted by Crippen LogP contribution is -2.20. The van der Waals surface area contributed by atoms with Gasteiger partial charge in [-0.25, -0.2) is 4.98 Å². The molecule has 0 aliphatic carbocycles. The van der Waals surface area contributed by atoms with Gasteiger partial charge in [0.1, 0.15) is 4.70 Å². The summed E-state index contributed by atoms with van der Waals surface area (Å²) in [4.78, 5) is 16.3. The fourth-order valence-electron chi connectivity index (χ4n) is 1.59. The Hall–Kier alpha value is -1.79. The van der Waals surface area contributed by atoms with Crippen molar-refractivity contribution in [3.63, 3.8) is 0 Å². The molecule has 3 aromatic rings. The molecule has 0 fully saturated rings. The molecule has 0 aliphatic rings. The molecule has 0 atom stereocenters. The summed E-state index contributed by atoms with van der Waals surface area (Å²) in [5, 5.41) is 9.84. The number of rotatable bonds is 2. The Kier molecular flexibility index (Phi) is 2.81. The zero-order valence-electron chi connectivity index (χ0n) is 9.08. The van der Waals surface area contributed by atoms with Crippen LogP contribution in [-0.4, -0.2) is 19.7 Å². The van der Waals surface area contributed by atoms with E-state index in [1.165, 1.54) is 22.2 Å². The van der Waals surface area contributed by atoms with Gasteiger partial charge in [-0.3, -0.25) is 9.36 Å². The first kappa shape index (κ1) is 11.3. The molecule has 0 aromatic carbocycles. The molecule has 3 aromatic heterocycles. The van der Waals surface area contributed by atoms with Gasteiger partial charge in [0.05, 0.1) is 24.1 Å². The molecule has 0 radical (unpaired) electrons. The van der Waals surface area contributed by atoms with Crippen molar-refractivity contribution in [1.29, 1.82) is 0 Å². The number of hydrogen-bond donors (Lipinski definition) is 0. The molecule has 0 N–H and O–H groups in total. The number of aromatic nitrogens is 4. The molecule has 0 bridgehead atoms. The number of fused-ring (bicyclic) bond motifs is 1. The SMILES string of the molecule is O=c1c2sccc2ncn1Cc1ccc(Cl)nn1. The van der Waals surface area contributed by atoms with Crippen LogP contribution >= 0.6 is 22.9 Å². The number of thiophene rings is 1. The Morgan fingerprint density at radius 3 is 2.94 bits per heavy atom. The second-order valence-corrected chi connectivity index (χ2v) is 4.96. The monoisotopic (exact) mass is 278 g/mol. The minimum absolute atomic E-state index is 0.0632. The Bertz CT molecular complexity index is 750. The van der Waals surface area contributed by atoms with E-state index in [0.29, 0.717) is 22.1 Å². The van der Waals surface area contributed by atoms with Gasteiger partial charge in [-0.15, -0.1) is 16.4 Å². The molecule has 3 rings (SSSR count). The van der Waals surface area contributed by atoms with Crippen molar-refractivity contribution >= 4 is 33.2 Å². The van der Waals surface area contributed by atoms with E-state index in [1.807, 2.05) is 11.4 Å². The largest absolute Gasteiger partial charge is 0.292 e. The Balaban J connectivity index is 2.02. The van der Waals surface area contributed by atoms with Gasteiger partial charge >= 0.3 is 0 Å². The highest BCUT2D eigenvalue weighted by molar-refractivity contribution is 7.17. The van der Waals surface area contributed by atoms with Gasteiger partial charge in [-0.2, -0.15) is 5.10 Å². The molecular formula is C11H7ClN4OS. The molecular weight excluding hydrogens is 272 g/mol. The van der Waals surface area contributed by atoms with E-state index in [1.54, 1.807) is 12.1 Å². The summed E-state index contributed by atoms with van der Waals surface area (Å²) >= 11 is 7.04. The van der Waals surface area contributed by atoms with Crippen LogP contribution in [0, 0.1) is 0 Å². The second kappa shape index (κ2) is 4.47. The predicted molar refractivity (Wildman–Crippen MR) is 70.0 cm³/mol. The molecule has 18 heavy (non-hydrogen) atoms. The Labute approximate surface area is 111 Å². The maximum atomic E-state index is 12.1. The quantitative estimate of drug-likeness (QED) is 0.719. The van der Waals surface area contributed by atoms with Gasteiger partial charge in [0.2, 0.25) is 0 Å². The van der Waals surface area contributed by atoms with Crippen molar-refractivity contribution in [2.75, 3.05) is 0 Å². The van der Waals surface area contributed by atoms with Gasteiger partial charge in [-0.05, 0) is 23.6 Å². The van der Waals surface area contributed by atoms with E-state index >= 15 is 0 Å². The summed E-state index contributed by atoms with van der Waals surface area (Å²) in [6.07, 6.45) is 1.52. The molecule has 3 heterocycles. The molecule has 0 aliphatic heterocycles. The van der Waals surface area contributed by atoms with Gasteiger partial charge in [0.15, 0.2) is 5.15 Å². The third-order valence-corrected chi connectivity index (χ3v) is 3.55. The van der Waals surface area contributed by atoms with Crippen molar-refractivity contribution in [1.82, 2.24) is 19.7 Å². The summed E-state index contributed by atoms with van der Waals surface area (Å²) in [6.45, 7) is 0.337. The van der Waals surface area contributed by atoms with Crippen LogP contribution < -0.4 is 5.56 Å². The zero-order valence-corrected chi connectivity index (χ0v) is 10.6. The van der Waals surface area contributed by atoms with E-state index in [9.17, 15) is 4.79 Å². The first-order valence-electron chi connectivity index (χ1n) is 5.15. The van der Waals surface area contributed by atoms with E-state index in [0.717, 1.165) is 5.52 Å². The first-order chi connectivity index (χ1) is 8.74. The van der Waals surface area contributed by atoms with Crippen molar-refractivity contribution < 1.29 is 0 Å². The van der Waals surface area contributed by atoms with Crippen LogP contribution in [0.5, 0.6) is 0 Å². The van der Waals surface area contributed by atoms with Crippen molar-refractivity contribution in [3.8, 4) is 0 Å². The standard InChI is InChI=1S/C11H7ClN4OS/c12-9-2-1-7(14-15-9)5-16-6-13-8-3-4-18-10(8)11(16)17/h1-4,6H,5H2. The summed E-state index contributed by atoms with van der Waals surface area (Å²) in [5.74, 6) is 0. The maximum Gasteiger partial charge on any atom is 0.271 e. The van der Waals surface area contributed by atoms with Crippen molar-refractivity contribution in [2.24, 2.45) is 0 Å². The van der Waals surface area contributed by atoms with Gasteiger partial charge in [0.25, 0.3) is 5.56 Å². The van der Waals surface area contributed by atoms with Crippen LogP contribution in [0.4, 0.5) is 0 Å². The van der Waals surface area contributed by atoms with Gasteiger partial charge in [-0.1, -0.05) is 11.6 Å². The normalized spacial score (nSPS) is 10.9. The summed E-state index contributed by atoms with van der Waals surface area (Å²) in [6, 6.07) is 5.21. The van der Waals surface area contributed by atoms with E-state index in [2.05, 4.69) is 15.2 Å². The number of nitrogens with zero attached hydrogens (tertiary/aromatic N) is 4. The molecule has 0 saturated carbocycles. The lowest BCUT2D eigenvalue weighted by molar-refractivity contribution is 0.716. The average Bonchev–Trinajstić information content (AvgIpc) is 2.84. The fourth-order valence-corrected chi connectivity index (χ4v) is 2.49. The third-order valence-electron chi connectivity index (χ3n) is 2.46. The Morgan fingerprint density at radius 2 is 2.17 bits per heavy atom. The highest BCUT2D eigenvalue weighted by Gasteiger charge is 2.06. The molecule has 7 heteroatoms. The van der Waals surface area contributed by atoms with Crippen LogP contribution in [-0.2, 0) is 6.54 Å². The molecule has 90 valence electrons. The minimum Gasteiger partial charge on any atom is -0.292 e. The van der Waals surface area contributed by atoms with E-state index in [-0.39, 0.29) is 5.56 Å². The van der Waals surface area contributed by atoms with Crippen molar-refractivity contribution in [2.45, 2.75) is 6.54 Å². The molecule has 5 nitrogen and oxygen atoms in total. The van der Waals surface area contributed by atoms with E-state index in [4.69, 9.17) is 11.6 Å². The first-order valence-corrected chi connectivity index (χ1v) is 6.40. The lowest BCUT2D eigenvalue weighted by Gasteiger charge is -2.03. The van der Waals surface area contributed by atoms with Crippen LogP contribution in [0.25, 0.3) is 10.2 Å². The molecule has 0 spiro atoms. The summed E-state index contributed by atoms with van der Waals surface area (Å²) in [7, 11) is 0. The highest BCUT2D eigenvalue weighted by atomic mass is 35.5. The topological polar surface area (TPSA) is 60.7 Å². The maximum absolute atomic E-state index is 12.1. The van der Waals surface area contributed by atoms with Gasteiger partial charge < -0.3 is 0 Å². The van der Waals surface area contributed by atoms with Crippen molar-refractivity contribution in [3.05, 3.63) is 51.1 Å². The van der Waals surface area contributed by atoms with Crippen LogP contribution in [0.3, 0.4) is 0 Å². The number of halogens is 1. The van der Waals surface area contributed by atoms with Gasteiger partial charge in [0, 0.05) is 0 Å². The predicted octanol–water partition coefficient (Wildman–Crippen LogP) is 1.95. The van der Waals surface area contributed by atoms with Crippen LogP contribution in [0.1, 0.15) is 5.69 Å². The molecule has 0 saturated heterocycles. The average molecular weight is 279 g/mol. The highest BCUT2D eigenvalue weighted by Crippen LogP contribution is 2.13. The third kappa shape index (κ3) is 2.00. The summed E-state index contributed by atoms with van der Waals surface area (Å²) in [5.41, 5.74) is 1.33. The summed E-state index contributed by atoms with van der Waals surface area (Å²) < 4.78 is 2.16. The smallest absolute Gasteiger partial charge is 0.271 e. The minimum atomic E-state index is -0.0632. The Morgan fingerprint density at radius 1 is 1.28 bits per heavy atom. The molecule has 0 amide bonds. The van der Waals surface area contributed by atoms with Crippen LogP contribution in [0.2, 0.25) is 5.15 Å². The zero-order chi connectivity index (χ0) is 12.5. The van der Waals surface area contributed by atoms with E-state index < -0.39 is 0 Å². The number of hydrogen-bond acceptors (Lipinski definition) is 5. The second-order valence-electron chi connectivity index (χ2n) is 3.66.